The van der Waals surface area contributed by atoms with Crippen molar-refractivity contribution < 1.29 is 27.5 Å². The van der Waals surface area contributed by atoms with Crippen LogP contribution in [0.1, 0.15) is 25.8 Å². The molecule has 0 saturated heterocycles. The first kappa shape index (κ1) is 26.9. The van der Waals surface area contributed by atoms with E-state index in [4.69, 9.17) is 32.7 Å². The van der Waals surface area contributed by atoms with Gasteiger partial charge in [-0.3, -0.25) is 13.9 Å². The standard InChI is InChI=1S/C23H27Cl2N3O6S/c1-4-9-26-23(30)15(2)27(12-16-5-7-18(24)19(25)10-16)22(29)13-28(35(3,31)32)17-6-8-20-21(11-17)34-14-33-20/h5-8,10-11,15H,4,9,12-14H2,1-3H3,(H,26,30)/t15-/m0/s1. The van der Waals surface area contributed by atoms with Gasteiger partial charge in [-0.2, -0.15) is 0 Å². The Balaban J connectivity index is 1.91. The van der Waals surface area contributed by atoms with Crippen LogP contribution in [0.15, 0.2) is 36.4 Å². The van der Waals surface area contributed by atoms with Gasteiger partial charge in [-0.05, 0) is 43.2 Å². The molecule has 2 aromatic rings. The molecule has 1 aliphatic heterocycles. The number of benzene rings is 2. The average molecular weight is 544 g/mol. The number of halogens is 2. The van der Waals surface area contributed by atoms with E-state index in [1.165, 1.54) is 17.0 Å². The number of rotatable bonds is 10. The van der Waals surface area contributed by atoms with Crippen molar-refractivity contribution in [1.82, 2.24) is 10.2 Å². The quantitative estimate of drug-likeness (QED) is 0.492. The summed E-state index contributed by atoms with van der Waals surface area (Å²) in [5.74, 6) is -0.0629. The number of amides is 2. The molecule has 0 unspecified atom stereocenters. The number of hydrogen-bond donors (Lipinski definition) is 1. The van der Waals surface area contributed by atoms with Crippen LogP contribution < -0.4 is 19.1 Å². The highest BCUT2D eigenvalue weighted by Crippen LogP contribution is 2.36. The Hall–Kier alpha value is -2.69. The van der Waals surface area contributed by atoms with Crippen LogP contribution in [0.2, 0.25) is 10.0 Å². The normalized spacial score (nSPS) is 13.3. The van der Waals surface area contributed by atoms with Crippen molar-refractivity contribution in [2.45, 2.75) is 32.9 Å². The lowest BCUT2D eigenvalue weighted by molar-refractivity contribution is -0.139. The fourth-order valence-electron chi connectivity index (χ4n) is 3.47. The third kappa shape index (κ3) is 6.71. The van der Waals surface area contributed by atoms with Gasteiger partial charge in [0, 0.05) is 19.2 Å². The van der Waals surface area contributed by atoms with Gasteiger partial charge in [-0.25, -0.2) is 8.42 Å². The van der Waals surface area contributed by atoms with Crippen LogP contribution in [0.4, 0.5) is 5.69 Å². The molecule has 0 fully saturated rings. The Kier molecular flexibility index (Phi) is 8.74. The van der Waals surface area contributed by atoms with Crippen molar-refractivity contribution >= 4 is 50.7 Å². The van der Waals surface area contributed by atoms with Gasteiger partial charge in [-0.1, -0.05) is 36.2 Å². The number of carbonyl (C=O) groups is 2. The molecule has 35 heavy (non-hydrogen) atoms. The summed E-state index contributed by atoms with van der Waals surface area (Å²) in [7, 11) is -3.86. The van der Waals surface area contributed by atoms with E-state index in [9.17, 15) is 18.0 Å². The van der Waals surface area contributed by atoms with Crippen LogP contribution in [0.5, 0.6) is 11.5 Å². The van der Waals surface area contributed by atoms with Crippen molar-refractivity contribution in [3.63, 3.8) is 0 Å². The molecule has 0 aliphatic carbocycles. The zero-order valence-corrected chi connectivity index (χ0v) is 21.9. The van der Waals surface area contributed by atoms with Crippen LogP contribution in [0.3, 0.4) is 0 Å². The lowest BCUT2D eigenvalue weighted by atomic mass is 10.1. The van der Waals surface area contributed by atoms with E-state index in [-0.39, 0.29) is 24.9 Å². The average Bonchev–Trinajstić information content (AvgIpc) is 3.28. The number of ether oxygens (including phenoxy) is 2. The fourth-order valence-corrected chi connectivity index (χ4v) is 4.63. The summed E-state index contributed by atoms with van der Waals surface area (Å²) in [6, 6.07) is 8.62. The maximum absolute atomic E-state index is 13.5. The van der Waals surface area contributed by atoms with Crippen molar-refractivity contribution in [2.24, 2.45) is 0 Å². The Morgan fingerprint density at radius 3 is 2.46 bits per heavy atom. The molecule has 0 saturated carbocycles. The molecule has 1 N–H and O–H groups in total. The number of hydrogen-bond acceptors (Lipinski definition) is 6. The Morgan fingerprint density at radius 1 is 1.09 bits per heavy atom. The molecule has 2 aromatic carbocycles. The van der Waals surface area contributed by atoms with Gasteiger partial charge < -0.3 is 19.7 Å². The Labute approximate surface area is 214 Å². The molecule has 1 heterocycles. The van der Waals surface area contributed by atoms with Gasteiger partial charge in [0.05, 0.1) is 22.0 Å². The van der Waals surface area contributed by atoms with E-state index in [1.54, 1.807) is 31.2 Å². The van der Waals surface area contributed by atoms with Gasteiger partial charge in [0.2, 0.25) is 28.6 Å². The molecule has 0 bridgehead atoms. The maximum Gasteiger partial charge on any atom is 0.244 e. The van der Waals surface area contributed by atoms with Crippen molar-refractivity contribution in [2.75, 3.05) is 30.4 Å². The summed E-state index contributed by atoms with van der Waals surface area (Å²) in [5, 5.41) is 3.43. The van der Waals surface area contributed by atoms with Gasteiger partial charge in [-0.15, -0.1) is 0 Å². The summed E-state index contributed by atoms with van der Waals surface area (Å²) in [5.41, 5.74) is 0.875. The summed E-state index contributed by atoms with van der Waals surface area (Å²) >= 11 is 12.1. The van der Waals surface area contributed by atoms with E-state index >= 15 is 0 Å². The summed E-state index contributed by atoms with van der Waals surface area (Å²) < 4.78 is 36.9. The van der Waals surface area contributed by atoms with Crippen LogP contribution in [-0.4, -0.2) is 57.3 Å². The first-order chi connectivity index (χ1) is 16.5. The lowest BCUT2D eigenvalue weighted by Gasteiger charge is -2.31. The molecule has 0 radical (unpaired) electrons. The van der Waals surface area contributed by atoms with E-state index in [0.29, 0.717) is 33.7 Å². The molecule has 12 heteroatoms. The van der Waals surface area contributed by atoms with Crippen LogP contribution >= 0.6 is 23.2 Å². The largest absolute Gasteiger partial charge is 0.454 e. The first-order valence-corrected chi connectivity index (χ1v) is 13.5. The summed E-state index contributed by atoms with van der Waals surface area (Å²) in [6.45, 7) is 3.48. The number of sulfonamides is 1. The van der Waals surface area contributed by atoms with E-state index in [0.717, 1.165) is 17.0 Å². The minimum Gasteiger partial charge on any atom is -0.454 e. The highest BCUT2D eigenvalue weighted by molar-refractivity contribution is 7.92. The number of carbonyl (C=O) groups excluding carboxylic acids is 2. The molecular formula is C23H27Cl2N3O6S. The third-order valence-electron chi connectivity index (χ3n) is 5.38. The van der Waals surface area contributed by atoms with Gasteiger partial charge in [0.25, 0.3) is 0 Å². The highest BCUT2D eigenvalue weighted by Gasteiger charge is 2.30. The van der Waals surface area contributed by atoms with Crippen molar-refractivity contribution in [3.05, 3.63) is 52.0 Å². The van der Waals surface area contributed by atoms with E-state index < -0.39 is 28.5 Å². The SMILES string of the molecule is CCCNC(=O)[C@H](C)N(Cc1ccc(Cl)c(Cl)c1)C(=O)CN(c1ccc2c(c1)OCO2)S(C)(=O)=O. The predicted molar refractivity (Wildman–Crippen MR) is 135 cm³/mol. The lowest BCUT2D eigenvalue weighted by Crippen LogP contribution is -2.51. The summed E-state index contributed by atoms with van der Waals surface area (Å²) in [4.78, 5) is 27.5. The molecule has 1 aliphatic rings. The van der Waals surface area contributed by atoms with Crippen LogP contribution in [-0.2, 0) is 26.2 Å². The minimum atomic E-state index is -3.86. The molecule has 2 amide bonds. The second-order valence-corrected chi connectivity index (χ2v) is 10.8. The van der Waals surface area contributed by atoms with Gasteiger partial charge >= 0.3 is 0 Å². The van der Waals surface area contributed by atoms with E-state index in [2.05, 4.69) is 5.32 Å². The zero-order valence-electron chi connectivity index (χ0n) is 19.6. The second kappa shape index (κ2) is 11.4. The fraction of sp³-hybridized carbons (Fsp3) is 0.391. The highest BCUT2D eigenvalue weighted by atomic mass is 35.5. The number of nitrogens with one attached hydrogen (secondary N) is 1. The molecular weight excluding hydrogens is 517 g/mol. The minimum absolute atomic E-state index is 0.0230. The molecule has 0 spiro atoms. The van der Waals surface area contributed by atoms with Crippen LogP contribution in [0, 0.1) is 0 Å². The molecule has 9 nitrogen and oxygen atoms in total. The van der Waals surface area contributed by atoms with Crippen molar-refractivity contribution in [1.29, 1.82) is 0 Å². The second-order valence-electron chi connectivity index (χ2n) is 8.04. The Bertz CT molecular complexity index is 1210. The predicted octanol–water partition coefficient (Wildman–Crippen LogP) is 3.43. The topological polar surface area (TPSA) is 105 Å². The maximum atomic E-state index is 13.5. The smallest absolute Gasteiger partial charge is 0.244 e. The number of nitrogens with zero attached hydrogens (tertiary/aromatic N) is 2. The molecule has 3 rings (SSSR count). The monoisotopic (exact) mass is 543 g/mol. The van der Waals surface area contributed by atoms with Gasteiger partial charge in [0.15, 0.2) is 11.5 Å². The molecule has 190 valence electrons. The number of anilines is 1. The zero-order chi connectivity index (χ0) is 25.8. The molecule has 0 aromatic heterocycles. The first-order valence-electron chi connectivity index (χ1n) is 10.9. The van der Waals surface area contributed by atoms with E-state index in [1.807, 2.05) is 6.92 Å². The third-order valence-corrected chi connectivity index (χ3v) is 7.26. The number of fused-ring (bicyclic) bond motifs is 1. The summed E-state index contributed by atoms with van der Waals surface area (Å²) in [6.07, 6.45) is 1.73. The van der Waals surface area contributed by atoms with Gasteiger partial charge in [0.1, 0.15) is 12.6 Å². The van der Waals surface area contributed by atoms with Crippen molar-refractivity contribution in [3.8, 4) is 11.5 Å². The Morgan fingerprint density at radius 2 is 1.80 bits per heavy atom. The molecule has 1 atom stereocenters. The van der Waals surface area contributed by atoms with Crippen LogP contribution in [0.25, 0.3) is 0 Å².